The Morgan fingerprint density at radius 2 is 1.52 bits per heavy atom. The maximum atomic E-state index is 9.66. The molecule has 0 radical (unpaired) electrons. The first kappa shape index (κ1) is 14.3. The van der Waals surface area contributed by atoms with Crippen LogP contribution in [0.25, 0.3) is 0 Å². The SMILES string of the molecule is OCC1CC(Cc2ccccc2)CN1Cc1ccccc1. The molecule has 1 N–H and O–H groups in total. The maximum absolute atomic E-state index is 9.66. The van der Waals surface area contributed by atoms with Gasteiger partial charge in [-0.05, 0) is 29.9 Å². The van der Waals surface area contributed by atoms with Crippen LogP contribution in [0.1, 0.15) is 17.5 Å². The lowest BCUT2D eigenvalue weighted by atomic mass is 9.97. The molecule has 3 rings (SSSR count). The summed E-state index contributed by atoms with van der Waals surface area (Å²) in [6.45, 7) is 2.28. The quantitative estimate of drug-likeness (QED) is 0.910. The second-order valence-corrected chi connectivity index (χ2v) is 6.04. The molecular weight excluding hydrogens is 258 g/mol. The van der Waals surface area contributed by atoms with Gasteiger partial charge in [0.2, 0.25) is 0 Å². The van der Waals surface area contributed by atoms with Crippen LogP contribution < -0.4 is 0 Å². The van der Waals surface area contributed by atoms with Crippen LogP contribution in [0.4, 0.5) is 0 Å². The average Bonchev–Trinajstić information content (AvgIpc) is 2.91. The monoisotopic (exact) mass is 281 g/mol. The van der Waals surface area contributed by atoms with E-state index in [1.807, 2.05) is 0 Å². The predicted molar refractivity (Wildman–Crippen MR) is 86.0 cm³/mol. The lowest BCUT2D eigenvalue weighted by Crippen LogP contribution is -2.31. The van der Waals surface area contributed by atoms with Crippen molar-refractivity contribution in [3.05, 3.63) is 71.8 Å². The number of aliphatic hydroxyl groups excluding tert-OH is 1. The fourth-order valence-electron chi connectivity index (χ4n) is 3.39. The van der Waals surface area contributed by atoms with Crippen LogP contribution in [0.15, 0.2) is 60.7 Å². The molecule has 110 valence electrons. The van der Waals surface area contributed by atoms with Crippen LogP contribution in [0.5, 0.6) is 0 Å². The highest BCUT2D eigenvalue weighted by atomic mass is 16.3. The molecule has 2 aromatic rings. The van der Waals surface area contributed by atoms with E-state index in [0.717, 1.165) is 25.9 Å². The Balaban J connectivity index is 1.63. The van der Waals surface area contributed by atoms with Gasteiger partial charge in [-0.3, -0.25) is 4.90 Å². The van der Waals surface area contributed by atoms with Crippen molar-refractivity contribution in [2.45, 2.75) is 25.4 Å². The summed E-state index contributed by atoms with van der Waals surface area (Å²) in [4.78, 5) is 2.43. The van der Waals surface area contributed by atoms with Crippen molar-refractivity contribution in [2.75, 3.05) is 13.2 Å². The zero-order valence-corrected chi connectivity index (χ0v) is 12.4. The molecule has 2 atom stereocenters. The molecule has 0 bridgehead atoms. The van der Waals surface area contributed by atoms with Crippen molar-refractivity contribution in [1.82, 2.24) is 4.90 Å². The van der Waals surface area contributed by atoms with Crippen LogP contribution in [0.2, 0.25) is 0 Å². The Hall–Kier alpha value is -1.64. The summed E-state index contributed by atoms with van der Waals surface area (Å²) < 4.78 is 0. The fourth-order valence-corrected chi connectivity index (χ4v) is 3.39. The number of likely N-dealkylation sites (tertiary alicyclic amines) is 1. The Kier molecular flexibility index (Phi) is 4.69. The fraction of sp³-hybridized carbons (Fsp3) is 0.368. The first-order valence-corrected chi connectivity index (χ1v) is 7.78. The van der Waals surface area contributed by atoms with Gasteiger partial charge in [0.05, 0.1) is 6.61 Å². The van der Waals surface area contributed by atoms with E-state index in [2.05, 4.69) is 65.6 Å². The number of rotatable bonds is 5. The van der Waals surface area contributed by atoms with Crippen LogP contribution in [0, 0.1) is 5.92 Å². The van der Waals surface area contributed by atoms with Gasteiger partial charge >= 0.3 is 0 Å². The number of aliphatic hydroxyl groups is 1. The van der Waals surface area contributed by atoms with Crippen molar-refractivity contribution < 1.29 is 5.11 Å². The Bertz CT molecular complexity index is 540. The van der Waals surface area contributed by atoms with Gasteiger partial charge in [0.25, 0.3) is 0 Å². The summed E-state index contributed by atoms with van der Waals surface area (Å²) in [5, 5.41) is 9.66. The molecular formula is C19H23NO. The summed E-state index contributed by atoms with van der Waals surface area (Å²) in [6.07, 6.45) is 2.21. The molecule has 2 aromatic carbocycles. The molecule has 2 nitrogen and oxygen atoms in total. The minimum absolute atomic E-state index is 0.262. The van der Waals surface area contributed by atoms with Gasteiger partial charge in [-0.15, -0.1) is 0 Å². The topological polar surface area (TPSA) is 23.5 Å². The molecule has 0 saturated carbocycles. The molecule has 0 spiro atoms. The van der Waals surface area contributed by atoms with Crippen molar-refractivity contribution >= 4 is 0 Å². The van der Waals surface area contributed by atoms with Gasteiger partial charge < -0.3 is 5.11 Å². The van der Waals surface area contributed by atoms with E-state index in [4.69, 9.17) is 0 Å². The standard InChI is InChI=1S/C19H23NO/c21-15-19-12-18(11-16-7-3-1-4-8-16)14-20(19)13-17-9-5-2-6-10-17/h1-10,18-19,21H,11-15H2. The molecule has 1 saturated heterocycles. The minimum Gasteiger partial charge on any atom is -0.395 e. The van der Waals surface area contributed by atoms with Gasteiger partial charge in [0.15, 0.2) is 0 Å². The highest BCUT2D eigenvalue weighted by molar-refractivity contribution is 5.17. The lowest BCUT2D eigenvalue weighted by molar-refractivity contribution is 0.153. The van der Waals surface area contributed by atoms with Crippen LogP contribution in [-0.2, 0) is 13.0 Å². The molecule has 0 aliphatic carbocycles. The van der Waals surface area contributed by atoms with E-state index < -0.39 is 0 Å². The maximum Gasteiger partial charge on any atom is 0.0587 e. The van der Waals surface area contributed by atoms with Crippen molar-refractivity contribution in [2.24, 2.45) is 5.92 Å². The Morgan fingerprint density at radius 1 is 0.905 bits per heavy atom. The van der Waals surface area contributed by atoms with Crippen molar-refractivity contribution in [3.63, 3.8) is 0 Å². The minimum atomic E-state index is 0.262. The normalized spacial score (nSPS) is 22.5. The van der Waals surface area contributed by atoms with Crippen molar-refractivity contribution in [1.29, 1.82) is 0 Å². The summed E-state index contributed by atoms with van der Waals surface area (Å²) in [5.41, 5.74) is 2.73. The highest BCUT2D eigenvalue weighted by Gasteiger charge is 2.31. The van der Waals surface area contributed by atoms with Gasteiger partial charge in [-0.25, -0.2) is 0 Å². The zero-order chi connectivity index (χ0) is 14.5. The highest BCUT2D eigenvalue weighted by Crippen LogP contribution is 2.27. The van der Waals surface area contributed by atoms with Crippen molar-refractivity contribution in [3.8, 4) is 0 Å². The first-order chi connectivity index (χ1) is 10.3. The Labute approximate surface area is 127 Å². The first-order valence-electron chi connectivity index (χ1n) is 7.78. The number of nitrogens with zero attached hydrogens (tertiary/aromatic N) is 1. The Morgan fingerprint density at radius 3 is 2.14 bits per heavy atom. The second kappa shape index (κ2) is 6.88. The molecule has 1 fully saturated rings. The number of benzene rings is 2. The second-order valence-electron chi connectivity index (χ2n) is 6.04. The average molecular weight is 281 g/mol. The molecule has 0 aromatic heterocycles. The summed E-state index contributed by atoms with van der Waals surface area (Å²) >= 11 is 0. The summed E-state index contributed by atoms with van der Waals surface area (Å²) in [6, 6.07) is 21.5. The van der Waals surface area contributed by atoms with Gasteiger partial charge in [0.1, 0.15) is 0 Å². The molecule has 0 amide bonds. The third kappa shape index (κ3) is 3.72. The van der Waals surface area contributed by atoms with E-state index in [0.29, 0.717) is 12.0 Å². The van der Waals surface area contributed by atoms with E-state index in [9.17, 15) is 5.11 Å². The number of hydrogen-bond donors (Lipinski definition) is 1. The molecule has 21 heavy (non-hydrogen) atoms. The van der Waals surface area contributed by atoms with E-state index in [1.54, 1.807) is 0 Å². The molecule has 1 heterocycles. The van der Waals surface area contributed by atoms with Gasteiger partial charge in [-0.2, -0.15) is 0 Å². The molecule has 1 aliphatic heterocycles. The van der Waals surface area contributed by atoms with E-state index >= 15 is 0 Å². The van der Waals surface area contributed by atoms with Gasteiger partial charge in [0, 0.05) is 19.1 Å². The number of hydrogen-bond acceptors (Lipinski definition) is 2. The van der Waals surface area contributed by atoms with Crippen LogP contribution >= 0.6 is 0 Å². The summed E-state index contributed by atoms with van der Waals surface area (Å²) in [5.74, 6) is 0.647. The molecule has 2 unspecified atom stereocenters. The molecule has 2 heteroatoms. The van der Waals surface area contributed by atoms with Gasteiger partial charge in [-0.1, -0.05) is 60.7 Å². The van der Waals surface area contributed by atoms with Crippen LogP contribution in [0.3, 0.4) is 0 Å². The third-order valence-electron chi connectivity index (χ3n) is 4.42. The lowest BCUT2D eigenvalue weighted by Gasteiger charge is -2.22. The largest absolute Gasteiger partial charge is 0.395 e. The van der Waals surface area contributed by atoms with E-state index in [1.165, 1.54) is 11.1 Å². The smallest absolute Gasteiger partial charge is 0.0587 e. The zero-order valence-electron chi connectivity index (χ0n) is 12.4. The predicted octanol–water partition coefficient (Wildman–Crippen LogP) is 3.11. The van der Waals surface area contributed by atoms with E-state index in [-0.39, 0.29) is 6.61 Å². The molecule has 1 aliphatic rings. The van der Waals surface area contributed by atoms with Crippen LogP contribution in [-0.4, -0.2) is 29.2 Å². The summed E-state index contributed by atoms with van der Waals surface area (Å²) in [7, 11) is 0. The third-order valence-corrected chi connectivity index (χ3v) is 4.42.